The maximum atomic E-state index is 13.0. The number of nitrogens with zero attached hydrogens (tertiary/aromatic N) is 4. The first-order valence-corrected chi connectivity index (χ1v) is 10.7. The number of aryl methyl sites for hydroxylation is 2. The minimum Gasteiger partial charge on any atom is -0.496 e. The molecule has 0 bridgehead atoms. The zero-order chi connectivity index (χ0) is 22.5. The van der Waals surface area contributed by atoms with E-state index < -0.39 is 0 Å². The number of para-hydroxylation sites is 1. The van der Waals surface area contributed by atoms with E-state index in [9.17, 15) is 9.59 Å². The van der Waals surface area contributed by atoms with Crippen molar-refractivity contribution in [3.05, 3.63) is 52.6 Å². The van der Waals surface area contributed by atoms with Crippen molar-refractivity contribution >= 4 is 11.8 Å². The largest absolute Gasteiger partial charge is 0.496 e. The van der Waals surface area contributed by atoms with Crippen LogP contribution in [0.5, 0.6) is 5.75 Å². The second kappa shape index (κ2) is 9.90. The van der Waals surface area contributed by atoms with E-state index in [-0.39, 0.29) is 17.7 Å². The highest BCUT2D eigenvalue weighted by molar-refractivity contribution is 5.80. The third kappa shape index (κ3) is 5.40. The second-order valence-electron chi connectivity index (χ2n) is 8.36. The standard InChI is InChI=1S/C24H32N4O3/c1-16-20(14-22(29)27(3)4)17(2)26-24(25-16)19-10-8-12-28(15-19)23(30)13-18-9-6-7-11-21(18)31-5/h6-7,9,11,19H,8,10,12-15H2,1-5H3/t19-/m0/s1. The fraction of sp³-hybridized carbons (Fsp3) is 0.500. The number of piperidine rings is 1. The molecular formula is C24H32N4O3. The molecule has 7 heteroatoms. The molecule has 0 saturated carbocycles. The Morgan fingerprint density at radius 3 is 2.45 bits per heavy atom. The van der Waals surface area contributed by atoms with Crippen molar-refractivity contribution in [2.24, 2.45) is 0 Å². The van der Waals surface area contributed by atoms with Gasteiger partial charge in [0.05, 0.1) is 20.0 Å². The van der Waals surface area contributed by atoms with Crippen LogP contribution in [0, 0.1) is 13.8 Å². The Bertz CT molecular complexity index is 935. The molecule has 1 aliphatic heterocycles. The average Bonchev–Trinajstić information content (AvgIpc) is 2.76. The number of benzene rings is 1. The van der Waals surface area contributed by atoms with Gasteiger partial charge in [0.1, 0.15) is 11.6 Å². The Kier molecular flexibility index (Phi) is 7.25. The van der Waals surface area contributed by atoms with Gasteiger partial charge in [-0.05, 0) is 32.8 Å². The lowest BCUT2D eigenvalue weighted by Gasteiger charge is -2.32. The quantitative estimate of drug-likeness (QED) is 0.713. The molecule has 2 heterocycles. The summed E-state index contributed by atoms with van der Waals surface area (Å²) in [6.07, 6.45) is 2.50. The molecule has 2 amide bonds. The minimum absolute atomic E-state index is 0.0355. The van der Waals surface area contributed by atoms with Gasteiger partial charge in [0.15, 0.2) is 0 Å². The van der Waals surface area contributed by atoms with Crippen LogP contribution in [-0.4, -0.2) is 65.9 Å². The minimum atomic E-state index is 0.0355. The molecule has 1 aromatic carbocycles. The molecule has 0 radical (unpaired) electrons. The molecule has 1 atom stereocenters. The van der Waals surface area contributed by atoms with Crippen LogP contribution in [0.15, 0.2) is 24.3 Å². The highest BCUT2D eigenvalue weighted by atomic mass is 16.5. The summed E-state index contributed by atoms with van der Waals surface area (Å²) in [5.74, 6) is 1.74. The van der Waals surface area contributed by atoms with E-state index in [0.717, 1.165) is 53.5 Å². The molecule has 0 unspecified atom stereocenters. The Labute approximate surface area is 184 Å². The molecule has 166 valence electrons. The third-order valence-electron chi connectivity index (χ3n) is 5.94. The van der Waals surface area contributed by atoms with E-state index in [1.165, 1.54) is 0 Å². The first-order chi connectivity index (χ1) is 14.8. The topological polar surface area (TPSA) is 75.6 Å². The summed E-state index contributed by atoms with van der Waals surface area (Å²) in [5.41, 5.74) is 3.47. The summed E-state index contributed by atoms with van der Waals surface area (Å²) in [4.78, 5) is 38.1. The van der Waals surface area contributed by atoms with Gasteiger partial charge >= 0.3 is 0 Å². The summed E-state index contributed by atoms with van der Waals surface area (Å²) >= 11 is 0. The van der Waals surface area contributed by atoms with Crippen LogP contribution in [0.4, 0.5) is 0 Å². The molecule has 7 nitrogen and oxygen atoms in total. The van der Waals surface area contributed by atoms with E-state index in [2.05, 4.69) is 0 Å². The lowest BCUT2D eigenvalue weighted by Crippen LogP contribution is -2.40. The maximum absolute atomic E-state index is 13.0. The first kappa shape index (κ1) is 22.7. The van der Waals surface area contributed by atoms with Gasteiger partial charge in [0.2, 0.25) is 11.8 Å². The number of ether oxygens (including phenoxy) is 1. The fourth-order valence-electron chi connectivity index (χ4n) is 4.05. The zero-order valence-corrected chi connectivity index (χ0v) is 19.1. The normalized spacial score (nSPS) is 16.2. The highest BCUT2D eigenvalue weighted by Gasteiger charge is 2.28. The maximum Gasteiger partial charge on any atom is 0.227 e. The second-order valence-corrected chi connectivity index (χ2v) is 8.36. The molecule has 1 aliphatic rings. The van der Waals surface area contributed by atoms with Crippen molar-refractivity contribution in [3.8, 4) is 5.75 Å². The van der Waals surface area contributed by atoms with Gasteiger partial charge in [-0.15, -0.1) is 0 Å². The molecule has 0 aliphatic carbocycles. The third-order valence-corrected chi connectivity index (χ3v) is 5.94. The van der Waals surface area contributed by atoms with Crippen LogP contribution < -0.4 is 4.74 Å². The Morgan fingerprint density at radius 1 is 1.13 bits per heavy atom. The van der Waals surface area contributed by atoms with E-state index in [1.807, 2.05) is 43.0 Å². The number of aromatic nitrogens is 2. The molecular weight excluding hydrogens is 392 g/mol. The van der Waals surface area contributed by atoms with E-state index in [1.54, 1.807) is 26.1 Å². The number of likely N-dealkylation sites (tertiary alicyclic amines) is 1. The summed E-state index contributed by atoms with van der Waals surface area (Å²) in [6.45, 7) is 5.23. The lowest BCUT2D eigenvalue weighted by atomic mass is 9.95. The van der Waals surface area contributed by atoms with Gasteiger partial charge in [0.25, 0.3) is 0 Å². The van der Waals surface area contributed by atoms with Crippen LogP contribution in [-0.2, 0) is 22.4 Å². The van der Waals surface area contributed by atoms with Gasteiger partial charge in [-0.2, -0.15) is 0 Å². The molecule has 1 fully saturated rings. The van der Waals surface area contributed by atoms with Crippen molar-refractivity contribution in [1.29, 1.82) is 0 Å². The highest BCUT2D eigenvalue weighted by Crippen LogP contribution is 2.27. The lowest BCUT2D eigenvalue weighted by molar-refractivity contribution is -0.131. The predicted molar refractivity (Wildman–Crippen MR) is 119 cm³/mol. The fourth-order valence-corrected chi connectivity index (χ4v) is 4.05. The molecule has 2 aromatic rings. The van der Waals surface area contributed by atoms with E-state index >= 15 is 0 Å². The summed E-state index contributed by atoms with van der Waals surface area (Å²) in [7, 11) is 5.12. The predicted octanol–water partition coefficient (Wildman–Crippen LogP) is 2.68. The first-order valence-electron chi connectivity index (χ1n) is 10.7. The Morgan fingerprint density at radius 2 is 1.81 bits per heavy atom. The van der Waals surface area contributed by atoms with Gasteiger partial charge in [0, 0.05) is 55.6 Å². The van der Waals surface area contributed by atoms with Gasteiger partial charge in [-0.25, -0.2) is 9.97 Å². The SMILES string of the molecule is COc1ccccc1CC(=O)N1CCC[C@H](c2nc(C)c(CC(=O)N(C)C)c(C)n2)C1. The molecule has 1 saturated heterocycles. The van der Waals surface area contributed by atoms with Crippen molar-refractivity contribution < 1.29 is 14.3 Å². The van der Waals surface area contributed by atoms with Crippen molar-refractivity contribution in [2.75, 3.05) is 34.3 Å². The molecule has 0 spiro atoms. The van der Waals surface area contributed by atoms with Crippen LogP contribution in [0.2, 0.25) is 0 Å². The molecule has 31 heavy (non-hydrogen) atoms. The van der Waals surface area contributed by atoms with E-state index in [0.29, 0.717) is 19.4 Å². The molecule has 3 rings (SSSR count). The number of methoxy groups -OCH3 is 1. The van der Waals surface area contributed by atoms with Crippen LogP contribution in [0.1, 0.15) is 47.1 Å². The Balaban J connectivity index is 1.73. The number of carbonyl (C=O) groups is 2. The van der Waals surface area contributed by atoms with Gasteiger partial charge in [-0.1, -0.05) is 18.2 Å². The van der Waals surface area contributed by atoms with Crippen LogP contribution >= 0.6 is 0 Å². The van der Waals surface area contributed by atoms with Gasteiger partial charge < -0.3 is 14.5 Å². The summed E-state index contributed by atoms with van der Waals surface area (Å²) in [6, 6.07) is 7.64. The number of hydrogen-bond acceptors (Lipinski definition) is 5. The number of hydrogen-bond donors (Lipinski definition) is 0. The number of rotatable bonds is 6. The summed E-state index contributed by atoms with van der Waals surface area (Å²) in [5, 5.41) is 0. The smallest absolute Gasteiger partial charge is 0.227 e. The van der Waals surface area contributed by atoms with Crippen molar-refractivity contribution in [1.82, 2.24) is 19.8 Å². The number of likely N-dealkylation sites (N-methyl/N-ethyl adjacent to an activating group) is 1. The van der Waals surface area contributed by atoms with Gasteiger partial charge in [-0.3, -0.25) is 9.59 Å². The Hall–Kier alpha value is -2.96. The van der Waals surface area contributed by atoms with Crippen molar-refractivity contribution in [3.63, 3.8) is 0 Å². The summed E-state index contributed by atoms with van der Waals surface area (Å²) < 4.78 is 5.39. The van der Waals surface area contributed by atoms with Crippen molar-refractivity contribution in [2.45, 2.75) is 45.4 Å². The number of carbonyl (C=O) groups excluding carboxylic acids is 2. The molecule has 0 N–H and O–H groups in total. The monoisotopic (exact) mass is 424 g/mol. The van der Waals surface area contributed by atoms with E-state index in [4.69, 9.17) is 14.7 Å². The van der Waals surface area contributed by atoms with Crippen LogP contribution in [0.25, 0.3) is 0 Å². The van der Waals surface area contributed by atoms with Crippen LogP contribution in [0.3, 0.4) is 0 Å². The average molecular weight is 425 g/mol. The molecule has 1 aromatic heterocycles. The number of amides is 2. The zero-order valence-electron chi connectivity index (χ0n) is 19.1.